The Hall–Kier alpha value is -1.19. The molecule has 0 aromatic heterocycles. The van der Waals surface area contributed by atoms with Crippen molar-refractivity contribution in [3.63, 3.8) is 0 Å². The van der Waals surface area contributed by atoms with E-state index in [0.29, 0.717) is 24.3 Å². The summed E-state index contributed by atoms with van der Waals surface area (Å²) in [6, 6.07) is 9.24. The van der Waals surface area contributed by atoms with Crippen LogP contribution in [0.25, 0.3) is 0 Å². The Morgan fingerprint density at radius 2 is 1.77 bits per heavy atom. The van der Waals surface area contributed by atoms with E-state index in [-0.39, 0.29) is 12.0 Å². The van der Waals surface area contributed by atoms with Crippen molar-refractivity contribution in [1.29, 1.82) is 0 Å². The number of rotatable bonds is 5. The Labute approximate surface area is 133 Å². The van der Waals surface area contributed by atoms with Gasteiger partial charge in [0.2, 0.25) is 0 Å². The summed E-state index contributed by atoms with van der Waals surface area (Å²) in [6.07, 6.45) is 1.91. The van der Waals surface area contributed by atoms with Crippen molar-refractivity contribution in [2.24, 2.45) is 5.92 Å². The second kappa shape index (κ2) is 6.51. The highest BCUT2D eigenvalue weighted by molar-refractivity contribution is 5.87. The third-order valence-corrected chi connectivity index (χ3v) is 5.03. The van der Waals surface area contributed by atoms with Crippen LogP contribution >= 0.6 is 0 Å². The highest BCUT2D eigenvalue weighted by atomic mass is 16.5. The van der Waals surface area contributed by atoms with Gasteiger partial charge >= 0.3 is 0 Å². The molecule has 1 heterocycles. The molecule has 0 radical (unpaired) electrons. The first-order valence-electron chi connectivity index (χ1n) is 8.55. The highest BCUT2D eigenvalue weighted by Crippen LogP contribution is 2.33. The van der Waals surface area contributed by atoms with Crippen LogP contribution in [0, 0.1) is 5.92 Å². The molecule has 22 heavy (non-hydrogen) atoms. The number of benzene rings is 1. The minimum absolute atomic E-state index is 0.210. The highest BCUT2D eigenvalue weighted by Gasteiger charge is 2.38. The summed E-state index contributed by atoms with van der Waals surface area (Å²) < 4.78 is 5.72. The predicted molar refractivity (Wildman–Crippen MR) is 88.0 cm³/mol. The van der Waals surface area contributed by atoms with Crippen molar-refractivity contribution >= 4 is 5.78 Å². The molecule has 1 aliphatic carbocycles. The van der Waals surface area contributed by atoms with E-state index < -0.39 is 0 Å². The predicted octanol–water partition coefficient (Wildman–Crippen LogP) is 3.55. The Kier molecular flexibility index (Phi) is 4.65. The molecule has 1 saturated carbocycles. The van der Waals surface area contributed by atoms with Crippen LogP contribution in [0.15, 0.2) is 24.3 Å². The summed E-state index contributed by atoms with van der Waals surface area (Å²) in [5, 5.41) is 0. The summed E-state index contributed by atoms with van der Waals surface area (Å²) in [6.45, 7) is 8.97. The Morgan fingerprint density at radius 3 is 2.36 bits per heavy atom. The van der Waals surface area contributed by atoms with Crippen LogP contribution in [-0.4, -0.2) is 36.5 Å². The minimum atomic E-state index is -0.210. The second-order valence-electron chi connectivity index (χ2n) is 7.03. The fraction of sp³-hybridized carbons (Fsp3) is 0.632. The van der Waals surface area contributed by atoms with Crippen LogP contribution in [0.1, 0.15) is 56.7 Å². The molecule has 2 fully saturated rings. The van der Waals surface area contributed by atoms with Crippen LogP contribution in [0.4, 0.5) is 0 Å². The SMILES string of the molecule is CC(C)c1ccc([C@@H](C)N2CCO[C@H](C(=O)C3CC3)C2)cc1. The van der Waals surface area contributed by atoms with Crippen LogP contribution in [0.3, 0.4) is 0 Å². The van der Waals surface area contributed by atoms with Crippen LogP contribution in [-0.2, 0) is 9.53 Å². The molecule has 120 valence electrons. The van der Waals surface area contributed by atoms with E-state index in [4.69, 9.17) is 4.74 Å². The molecule has 0 amide bonds. The number of hydrogen-bond acceptors (Lipinski definition) is 3. The Morgan fingerprint density at radius 1 is 1.14 bits per heavy atom. The van der Waals surface area contributed by atoms with E-state index in [1.165, 1.54) is 11.1 Å². The number of Topliss-reactive ketones (excluding diaryl/α,β-unsaturated/α-hetero) is 1. The summed E-state index contributed by atoms with van der Waals surface area (Å²) in [4.78, 5) is 14.6. The van der Waals surface area contributed by atoms with E-state index in [9.17, 15) is 4.79 Å². The molecule has 1 saturated heterocycles. The number of nitrogens with zero attached hydrogens (tertiary/aromatic N) is 1. The molecule has 3 heteroatoms. The van der Waals surface area contributed by atoms with Gasteiger partial charge in [-0.3, -0.25) is 9.69 Å². The number of carbonyl (C=O) groups is 1. The summed E-state index contributed by atoms with van der Waals surface area (Å²) in [7, 11) is 0. The average Bonchev–Trinajstić information content (AvgIpc) is 3.38. The zero-order valence-electron chi connectivity index (χ0n) is 13.9. The normalized spacial score (nSPS) is 24.5. The van der Waals surface area contributed by atoms with Gasteiger partial charge in [0.15, 0.2) is 5.78 Å². The van der Waals surface area contributed by atoms with E-state index in [1.807, 2.05) is 0 Å². The molecule has 3 nitrogen and oxygen atoms in total. The van der Waals surface area contributed by atoms with Gasteiger partial charge in [-0.1, -0.05) is 38.1 Å². The minimum Gasteiger partial charge on any atom is -0.368 e. The van der Waals surface area contributed by atoms with Crippen molar-refractivity contribution in [2.75, 3.05) is 19.7 Å². The summed E-state index contributed by atoms with van der Waals surface area (Å²) >= 11 is 0. The smallest absolute Gasteiger partial charge is 0.165 e. The lowest BCUT2D eigenvalue weighted by Crippen LogP contribution is -2.47. The second-order valence-corrected chi connectivity index (χ2v) is 7.03. The average molecular weight is 301 g/mol. The molecule has 1 aromatic carbocycles. The third-order valence-electron chi connectivity index (χ3n) is 5.03. The fourth-order valence-electron chi connectivity index (χ4n) is 3.19. The zero-order valence-corrected chi connectivity index (χ0v) is 13.9. The summed E-state index contributed by atoms with van der Waals surface area (Å²) in [5.41, 5.74) is 2.70. The Bertz CT molecular complexity index is 519. The van der Waals surface area contributed by atoms with Gasteiger partial charge in [0.05, 0.1) is 6.61 Å². The molecular formula is C19H27NO2. The monoisotopic (exact) mass is 301 g/mol. The molecule has 0 spiro atoms. The van der Waals surface area contributed by atoms with Gasteiger partial charge in [0.25, 0.3) is 0 Å². The number of morpholine rings is 1. The van der Waals surface area contributed by atoms with Gasteiger partial charge in [-0.2, -0.15) is 0 Å². The molecule has 0 N–H and O–H groups in total. The van der Waals surface area contributed by atoms with Gasteiger partial charge in [-0.05, 0) is 36.8 Å². The van der Waals surface area contributed by atoms with Crippen LogP contribution < -0.4 is 0 Å². The maximum atomic E-state index is 12.2. The van der Waals surface area contributed by atoms with E-state index in [1.54, 1.807) is 0 Å². The molecule has 0 unspecified atom stereocenters. The first-order valence-corrected chi connectivity index (χ1v) is 8.55. The first kappa shape index (κ1) is 15.7. The zero-order chi connectivity index (χ0) is 15.7. The lowest BCUT2D eigenvalue weighted by molar-refractivity contribution is -0.138. The van der Waals surface area contributed by atoms with Crippen molar-refractivity contribution in [2.45, 2.75) is 51.7 Å². The number of ether oxygens (including phenoxy) is 1. The molecule has 0 bridgehead atoms. The molecular weight excluding hydrogens is 274 g/mol. The lowest BCUT2D eigenvalue weighted by Gasteiger charge is -2.36. The molecule has 2 atom stereocenters. The van der Waals surface area contributed by atoms with Crippen molar-refractivity contribution in [3.05, 3.63) is 35.4 Å². The Balaban J connectivity index is 1.65. The molecule has 3 rings (SSSR count). The standard InChI is InChI=1S/C19H27NO2/c1-13(2)15-4-6-16(7-5-15)14(3)20-10-11-22-18(12-20)19(21)17-8-9-17/h4-7,13-14,17-18H,8-12H2,1-3H3/t14-,18+/m1/s1. The van der Waals surface area contributed by atoms with Crippen LogP contribution in [0.2, 0.25) is 0 Å². The number of ketones is 1. The molecule has 1 aromatic rings. The van der Waals surface area contributed by atoms with Gasteiger partial charge in [-0.15, -0.1) is 0 Å². The number of carbonyl (C=O) groups excluding carboxylic acids is 1. The quantitative estimate of drug-likeness (QED) is 0.833. The first-order chi connectivity index (χ1) is 10.6. The largest absolute Gasteiger partial charge is 0.368 e. The number of hydrogen-bond donors (Lipinski definition) is 0. The molecule has 1 aliphatic heterocycles. The maximum absolute atomic E-state index is 12.2. The lowest BCUT2D eigenvalue weighted by atomic mass is 9.98. The topological polar surface area (TPSA) is 29.5 Å². The van der Waals surface area contributed by atoms with Gasteiger partial charge < -0.3 is 4.74 Å². The third kappa shape index (κ3) is 3.41. The van der Waals surface area contributed by atoms with Gasteiger partial charge in [-0.25, -0.2) is 0 Å². The molecule has 2 aliphatic rings. The van der Waals surface area contributed by atoms with E-state index >= 15 is 0 Å². The fourth-order valence-corrected chi connectivity index (χ4v) is 3.19. The van der Waals surface area contributed by atoms with Gasteiger partial charge in [0, 0.05) is 25.0 Å². The van der Waals surface area contributed by atoms with Crippen molar-refractivity contribution in [1.82, 2.24) is 4.90 Å². The van der Waals surface area contributed by atoms with Crippen molar-refractivity contribution < 1.29 is 9.53 Å². The maximum Gasteiger partial charge on any atom is 0.165 e. The van der Waals surface area contributed by atoms with Gasteiger partial charge in [0.1, 0.15) is 6.10 Å². The van der Waals surface area contributed by atoms with E-state index in [2.05, 4.69) is 49.9 Å². The summed E-state index contributed by atoms with van der Waals surface area (Å²) in [5.74, 6) is 1.17. The van der Waals surface area contributed by atoms with E-state index in [0.717, 1.165) is 25.9 Å². The van der Waals surface area contributed by atoms with Crippen molar-refractivity contribution in [3.8, 4) is 0 Å². The van der Waals surface area contributed by atoms with Crippen LogP contribution in [0.5, 0.6) is 0 Å².